The van der Waals surface area contributed by atoms with E-state index in [4.69, 9.17) is 14.6 Å². The van der Waals surface area contributed by atoms with Gasteiger partial charge in [0.05, 0.1) is 27.3 Å². The lowest BCUT2D eigenvalue weighted by molar-refractivity contribution is -0.150. The zero-order valence-electron chi connectivity index (χ0n) is 13.9. The van der Waals surface area contributed by atoms with Gasteiger partial charge < -0.3 is 24.8 Å². The van der Waals surface area contributed by atoms with Crippen molar-refractivity contribution >= 4 is 17.8 Å². The van der Waals surface area contributed by atoms with E-state index >= 15 is 0 Å². The third kappa shape index (κ3) is 3.98. The van der Waals surface area contributed by atoms with Crippen molar-refractivity contribution in [1.82, 2.24) is 10.2 Å². The van der Waals surface area contributed by atoms with E-state index in [1.54, 1.807) is 6.07 Å². The van der Waals surface area contributed by atoms with Gasteiger partial charge in [0.15, 0.2) is 11.5 Å². The molecule has 1 aromatic rings. The Morgan fingerprint density at radius 2 is 1.96 bits per heavy atom. The highest BCUT2D eigenvalue weighted by Gasteiger charge is 2.46. The average molecular weight is 354 g/mol. The van der Waals surface area contributed by atoms with Gasteiger partial charge in [-0.1, -0.05) is 0 Å². The van der Waals surface area contributed by atoms with Crippen molar-refractivity contribution in [3.05, 3.63) is 23.8 Å². The number of benzene rings is 1. The van der Waals surface area contributed by atoms with E-state index in [0.29, 0.717) is 11.5 Å². The Kier molecular flexibility index (Phi) is 5.45. The number of ether oxygens (including phenoxy) is 2. The molecule has 0 radical (unpaired) electrons. The van der Waals surface area contributed by atoms with Crippen LogP contribution in [0.15, 0.2) is 18.2 Å². The minimum Gasteiger partial charge on any atom is -0.493 e. The first-order valence-electron chi connectivity index (χ1n) is 7.51. The molecule has 1 aliphatic heterocycles. The Labute approximate surface area is 143 Å². The molecule has 1 fully saturated rings. The number of carboxylic acid groups (broad SMARTS) is 1. The normalized spacial score (nSPS) is 19.4. The minimum absolute atomic E-state index is 0.00609. The van der Waals surface area contributed by atoms with Gasteiger partial charge in [0, 0.05) is 18.5 Å². The van der Waals surface area contributed by atoms with E-state index in [2.05, 4.69) is 5.32 Å². The Hall–Kier alpha value is -2.84. The van der Waals surface area contributed by atoms with Crippen LogP contribution in [0.1, 0.15) is 16.8 Å². The molecule has 0 spiro atoms. The highest BCUT2D eigenvalue weighted by atomic mass is 19.1. The summed E-state index contributed by atoms with van der Waals surface area (Å²) in [4.78, 5) is 36.1. The highest BCUT2D eigenvalue weighted by molar-refractivity contribution is 5.97. The van der Waals surface area contributed by atoms with Crippen molar-refractivity contribution in [2.45, 2.75) is 12.1 Å². The van der Waals surface area contributed by atoms with Gasteiger partial charge in [0.25, 0.3) is 5.91 Å². The summed E-state index contributed by atoms with van der Waals surface area (Å²) >= 11 is 0. The molecular weight excluding hydrogens is 335 g/mol. The van der Waals surface area contributed by atoms with Gasteiger partial charge >= 0.3 is 5.97 Å². The van der Waals surface area contributed by atoms with Crippen LogP contribution in [0.3, 0.4) is 0 Å². The number of carbonyl (C=O) groups excluding carboxylic acids is 2. The molecule has 1 aromatic carbocycles. The van der Waals surface area contributed by atoms with E-state index in [-0.39, 0.29) is 25.1 Å². The maximum absolute atomic E-state index is 14.0. The van der Waals surface area contributed by atoms with Crippen molar-refractivity contribution in [2.75, 3.05) is 33.9 Å². The first kappa shape index (κ1) is 18.5. The fraction of sp³-hybridized carbons (Fsp3) is 0.438. The summed E-state index contributed by atoms with van der Waals surface area (Å²) < 4.78 is 24.1. The van der Waals surface area contributed by atoms with Crippen LogP contribution in [-0.2, 0) is 9.59 Å². The topological polar surface area (TPSA) is 105 Å². The highest BCUT2D eigenvalue weighted by Crippen LogP contribution is 2.28. The number of likely N-dealkylation sites (tertiary alicyclic amines) is 1. The van der Waals surface area contributed by atoms with Crippen molar-refractivity contribution in [1.29, 1.82) is 0 Å². The second kappa shape index (κ2) is 7.37. The molecule has 0 aliphatic carbocycles. The molecule has 1 saturated heterocycles. The van der Waals surface area contributed by atoms with E-state index < -0.39 is 30.0 Å². The molecule has 9 heteroatoms. The molecule has 136 valence electrons. The summed E-state index contributed by atoms with van der Waals surface area (Å²) in [6, 6.07) is 4.53. The number of aliphatic carboxylic acids is 1. The second-order valence-corrected chi connectivity index (χ2v) is 5.59. The number of carbonyl (C=O) groups is 3. The lowest BCUT2D eigenvalue weighted by atomic mass is 10.1. The third-order valence-electron chi connectivity index (χ3n) is 4.00. The minimum atomic E-state index is -2.43. The van der Waals surface area contributed by atoms with Crippen LogP contribution in [0.25, 0.3) is 0 Å². The van der Waals surface area contributed by atoms with Gasteiger partial charge in [-0.15, -0.1) is 0 Å². The molecule has 0 aromatic heterocycles. The Bertz CT molecular complexity index is 695. The molecule has 2 amide bonds. The number of halogens is 1. The number of carboxylic acids is 1. The van der Waals surface area contributed by atoms with Gasteiger partial charge in [-0.3, -0.25) is 9.59 Å². The van der Waals surface area contributed by atoms with Gasteiger partial charge in [0.2, 0.25) is 11.6 Å². The summed E-state index contributed by atoms with van der Waals surface area (Å²) in [6.45, 7) is -0.885. The number of hydrogen-bond acceptors (Lipinski definition) is 5. The number of methoxy groups -OCH3 is 2. The van der Waals surface area contributed by atoms with E-state index in [0.717, 1.165) is 4.90 Å². The van der Waals surface area contributed by atoms with Gasteiger partial charge in [-0.25, -0.2) is 9.18 Å². The van der Waals surface area contributed by atoms with Crippen molar-refractivity contribution < 1.29 is 33.4 Å². The summed E-state index contributed by atoms with van der Waals surface area (Å²) in [7, 11) is 2.90. The first-order chi connectivity index (χ1) is 11.8. The molecule has 0 bridgehead atoms. The Balaban J connectivity index is 1.94. The predicted octanol–water partition coefficient (Wildman–Crippen LogP) is 0.459. The average Bonchev–Trinajstić information content (AvgIpc) is 3.02. The van der Waals surface area contributed by atoms with Crippen LogP contribution >= 0.6 is 0 Å². The van der Waals surface area contributed by atoms with Crippen molar-refractivity contribution in [2.24, 2.45) is 0 Å². The van der Waals surface area contributed by atoms with Gasteiger partial charge in [-0.05, 0) is 18.2 Å². The summed E-state index contributed by atoms with van der Waals surface area (Å²) in [5.74, 6) is -1.82. The number of alkyl halides is 1. The van der Waals surface area contributed by atoms with Crippen molar-refractivity contribution in [3.63, 3.8) is 0 Å². The number of hydrogen-bond donors (Lipinski definition) is 2. The number of nitrogens with one attached hydrogen (secondary N) is 1. The zero-order chi connectivity index (χ0) is 18.6. The maximum Gasteiger partial charge on any atom is 0.343 e. The molecule has 2 N–H and O–H groups in total. The molecule has 1 aliphatic rings. The fourth-order valence-electron chi connectivity index (χ4n) is 2.51. The monoisotopic (exact) mass is 354 g/mol. The molecule has 0 saturated carbocycles. The standard InChI is InChI=1S/C16H19FN2O6/c1-24-11-4-3-10(7-12(11)25-2)14(21)18-8-13(20)19-6-5-16(17,9-19)15(22)23/h3-4,7H,5-6,8-9H2,1-2H3,(H,18,21)(H,22,23). The van der Waals surface area contributed by atoms with E-state index in [1.807, 2.05) is 0 Å². The second-order valence-electron chi connectivity index (χ2n) is 5.59. The largest absolute Gasteiger partial charge is 0.493 e. The molecule has 25 heavy (non-hydrogen) atoms. The zero-order valence-corrected chi connectivity index (χ0v) is 13.9. The summed E-state index contributed by atoms with van der Waals surface area (Å²) in [6.07, 6.45) is -0.266. The van der Waals surface area contributed by atoms with Crippen LogP contribution in [-0.4, -0.2) is 67.3 Å². The fourth-order valence-corrected chi connectivity index (χ4v) is 2.51. The quantitative estimate of drug-likeness (QED) is 0.769. The Morgan fingerprint density at radius 3 is 2.52 bits per heavy atom. The summed E-state index contributed by atoms with van der Waals surface area (Å²) in [5, 5.41) is 11.3. The van der Waals surface area contributed by atoms with E-state index in [9.17, 15) is 18.8 Å². The molecular formula is C16H19FN2O6. The maximum atomic E-state index is 14.0. The van der Waals surface area contributed by atoms with Gasteiger partial charge in [-0.2, -0.15) is 0 Å². The van der Waals surface area contributed by atoms with Gasteiger partial charge in [0.1, 0.15) is 0 Å². The SMILES string of the molecule is COc1ccc(C(=O)NCC(=O)N2CCC(F)(C(=O)O)C2)cc1OC. The smallest absolute Gasteiger partial charge is 0.343 e. The third-order valence-corrected chi connectivity index (χ3v) is 4.00. The lowest BCUT2D eigenvalue weighted by Gasteiger charge is -2.18. The predicted molar refractivity (Wildman–Crippen MR) is 84.6 cm³/mol. The first-order valence-corrected chi connectivity index (χ1v) is 7.51. The molecule has 1 heterocycles. The summed E-state index contributed by atoms with van der Waals surface area (Å²) in [5.41, 5.74) is -2.17. The Morgan fingerprint density at radius 1 is 1.28 bits per heavy atom. The molecule has 1 atom stereocenters. The van der Waals surface area contributed by atoms with Crippen LogP contribution < -0.4 is 14.8 Å². The molecule has 2 rings (SSSR count). The van der Waals surface area contributed by atoms with Crippen LogP contribution in [0.4, 0.5) is 4.39 Å². The number of rotatable bonds is 6. The van der Waals surface area contributed by atoms with Crippen LogP contribution in [0.5, 0.6) is 11.5 Å². The van der Waals surface area contributed by atoms with E-state index in [1.165, 1.54) is 26.4 Å². The lowest BCUT2D eigenvalue weighted by Crippen LogP contribution is -2.42. The van der Waals surface area contributed by atoms with Crippen LogP contribution in [0.2, 0.25) is 0 Å². The van der Waals surface area contributed by atoms with Crippen molar-refractivity contribution in [3.8, 4) is 11.5 Å². The number of nitrogens with zero attached hydrogens (tertiary/aromatic N) is 1. The molecule has 1 unspecified atom stereocenters. The van der Waals surface area contributed by atoms with Crippen LogP contribution in [0, 0.1) is 0 Å². The molecule has 8 nitrogen and oxygen atoms in total. The number of amides is 2.